The van der Waals surface area contributed by atoms with Crippen LogP contribution in [0.5, 0.6) is 5.75 Å². The van der Waals surface area contributed by atoms with Crippen LogP contribution >= 0.6 is 0 Å². The summed E-state index contributed by atoms with van der Waals surface area (Å²) in [7, 11) is 1.57. The predicted molar refractivity (Wildman–Crippen MR) is 97.6 cm³/mol. The van der Waals surface area contributed by atoms with Crippen LogP contribution in [-0.2, 0) is 6.54 Å². The van der Waals surface area contributed by atoms with Gasteiger partial charge in [0.15, 0.2) is 5.82 Å². The third kappa shape index (κ3) is 4.49. The maximum atomic E-state index is 12.4. The van der Waals surface area contributed by atoms with Crippen LogP contribution < -0.4 is 15.4 Å². The first-order valence-corrected chi connectivity index (χ1v) is 8.17. The van der Waals surface area contributed by atoms with Gasteiger partial charge < -0.3 is 19.9 Å². The van der Waals surface area contributed by atoms with Gasteiger partial charge in [-0.1, -0.05) is 23.4 Å². The molecule has 0 fully saturated rings. The zero-order chi connectivity index (χ0) is 19.2. The van der Waals surface area contributed by atoms with E-state index < -0.39 is 11.8 Å². The number of carbonyl (C=O) groups excluding carboxylic acids is 2. The van der Waals surface area contributed by atoms with E-state index in [-0.39, 0.29) is 17.8 Å². The maximum Gasteiger partial charge on any atom is 0.270 e. The topological polar surface area (TPSA) is 106 Å². The van der Waals surface area contributed by atoms with Gasteiger partial charge in [0.1, 0.15) is 17.2 Å². The highest BCUT2D eigenvalue weighted by molar-refractivity contribution is 6.05. The molecule has 3 aromatic rings. The largest absolute Gasteiger partial charge is 0.496 e. The van der Waals surface area contributed by atoms with E-state index >= 15 is 0 Å². The Bertz CT molecular complexity index is 968. The highest BCUT2D eigenvalue weighted by Crippen LogP contribution is 2.17. The first-order valence-electron chi connectivity index (χ1n) is 8.17. The molecule has 27 heavy (non-hydrogen) atoms. The number of hydrogen-bond acceptors (Lipinski definition) is 6. The molecule has 0 aliphatic rings. The van der Waals surface area contributed by atoms with Gasteiger partial charge in [0.2, 0.25) is 0 Å². The number of carbonyl (C=O) groups is 2. The van der Waals surface area contributed by atoms with Gasteiger partial charge in [-0.2, -0.15) is 0 Å². The van der Waals surface area contributed by atoms with Crippen molar-refractivity contribution in [3.8, 4) is 5.75 Å². The van der Waals surface area contributed by atoms with Crippen molar-refractivity contribution in [3.63, 3.8) is 0 Å². The summed E-state index contributed by atoms with van der Waals surface area (Å²) in [5.74, 6) is 0.757. The number of benzene rings is 1. The first kappa shape index (κ1) is 18.1. The molecule has 2 amide bonds. The van der Waals surface area contributed by atoms with E-state index in [2.05, 4.69) is 20.8 Å². The lowest BCUT2D eigenvalue weighted by molar-refractivity contribution is 0.0945. The molecule has 0 spiro atoms. The smallest absolute Gasteiger partial charge is 0.270 e. The number of aromatic nitrogens is 2. The first-order chi connectivity index (χ1) is 13.1. The molecule has 8 nitrogen and oxygen atoms in total. The molecule has 8 heteroatoms. The van der Waals surface area contributed by atoms with Crippen molar-refractivity contribution in [2.24, 2.45) is 0 Å². The monoisotopic (exact) mass is 366 g/mol. The van der Waals surface area contributed by atoms with E-state index in [1.165, 1.54) is 18.3 Å². The molecule has 0 aliphatic carbocycles. The molecule has 0 bridgehead atoms. The summed E-state index contributed by atoms with van der Waals surface area (Å²) in [6.45, 7) is 2.00. The fourth-order valence-electron chi connectivity index (χ4n) is 2.42. The van der Waals surface area contributed by atoms with E-state index in [4.69, 9.17) is 9.26 Å². The average molecular weight is 366 g/mol. The minimum absolute atomic E-state index is 0.133. The number of anilines is 1. The number of methoxy groups -OCH3 is 1. The molecule has 3 rings (SSSR count). The van der Waals surface area contributed by atoms with Gasteiger partial charge in [-0.05, 0) is 25.1 Å². The molecule has 2 heterocycles. The second-order valence-corrected chi connectivity index (χ2v) is 5.70. The van der Waals surface area contributed by atoms with Crippen molar-refractivity contribution in [2.75, 3.05) is 12.4 Å². The Balaban J connectivity index is 1.67. The molecule has 0 saturated carbocycles. The Morgan fingerprint density at radius 3 is 2.70 bits per heavy atom. The van der Waals surface area contributed by atoms with Crippen LogP contribution in [-0.4, -0.2) is 29.1 Å². The fraction of sp³-hybridized carbons (Fsp3) is 0.158. The van der Waals surface area contributed by atoms with Crippen LogP contribution in [0.1, 0.15) is 32.2 Å². The highest BCUT2D eigenvalue weighted by atomic mass is 16.5. The van der Waals surface area contributed by atoms with Gasteiger partial charge >= 0.3 is 0 Å². The molecule has 1 aromatic carbocycles. The Morgan fingerprint density at radius 1 is 1.15 bits per heavy atom. The van der Waals surface area contributed by atoms with Gasteiger partial charge in [0, 0.05) is 29.9 Å². The maximum absolute atomic E-state index is 12.4. The van der Waals surface area contributed by atoms with Crippen molar-refractivity contribution in [3.05, 3.63) is 71.2 Å². The predicted octanol–water partition coefficient (Wildman–Crippen LogP) is 2.57. The fourth-order valence-corrected chi connectivity index (χ4v) is 2.42. The summed E-state index contributed by atoms with van der Waals surface area (Å²) in [6.07, 6.45) is 1.40. The Kier molecular flexibility index (Phi) is 5.46. The van der Waals surface area contributed by atoms with Crippen molar-refractivity contribution in [1.29, 1.82) is 0 Å². The van der Waals surface area contributed by atoms with Crippen LogP contribution in [0.4, 0.5) is 5.82 Å². The summed E-state index contributed by atoms with van der Waals surface area (Å²) in [6, 6.07) is 11.9. The quantitative estimate of drug-likeness (QED) is 0.694. The summed E-state index contributed by atoms with van der Waals surface area (Å²) in [4.78, 5) is 28.7. The highest BCUT2D eigenvalue weighted by Gasteiger charge is 2.14. The lowest BCUT2D eigenvalue weighted by Crippen LogP contribution is -2.24. The third-order valence-corrected chi connectivity index (χ3v) is 3.76. The standard InChI is InChI=1S/C19H18N4O4/c1-12-9-17(23-27-12)22-18(24)13-7-8-20-15(10-13)19(25)21-11-14-5-3-4-6-16(14)26-2/h3-10H,11H2,1-2H3,(H,21,25)(H,22,23,24). The molecular weight excluding hydrogens is 348 g/mol. The number of pyridine rings is 1. The molecule has 0 saturated heterocycles. The van der Waals surface area contributed by atoms with Crippen molar-refractivity contribution in [1.82, 2.24) is 15.5 Å². The number of hydrogen-bond donors (Lipinski definition) is 2. The molecule has 2 N–H and O–H groups in total. The molecule has 0 radical (unpaired) electrons. The van der Waals surface area contributed by atoms with Gasteiger partial charge in [-0.3, -0.25) is 14.6 Å². The van der Waals surface area contributed by atoms with Gasteiger partial charge in [0.25, 0.3) is 11.8 Å². The summed E-state index contributed by atoms with van der Waals surface area (Å²) in [5.41, 5.74) is 1.26. The summed E-state index contributed by atoms with van der Waals surface area (Å²) >= 11 is 0. The van der Waals surface area contributed by atoms with E-state index in [0.29, 0.717) is 17.3 Å². The lowest BCUT2D eigenvalue weighted by atomic mass is 10.2. The van der Waals surface area contributed by atoms with E-state index in [0.717, 1.165) is 5.56 Å². The number of rotatable bonds is 6. The number of ether oxygens (including phenoxy) is 1. The Hall–Kier alpha value is -3.68. The lowest BCUT2D eigenvalue weighted by Gasteiger charge is -2.09. The second-order valence-electron chi connectivity index (χ2n) is 5.70. The molecule has 2 aromatic heterocycles. The zero-order valence-electron chi connectivity index (χ0n) is 14.9. The second kappa shape index (κ2) is 8.13. The van der Waals surface area contributed by atoms with Crippen LogP contribution in [0.25, 0.3) is 0 Å². The van der Waals surface area contributed by atoms with Gasteiger partial charge in [-0.15, -0.1) is 0 Å². The third-order valence-electron chi connectivity index (χ3n) is 3.76. The van der Waals surface area contributed by atoms with Crippen molar-refractivity contribution >= 4 is 17.6 Å². The van der Waals surface area contributed by atoms with E-state index in [1.807, 2.05) is 24.3 Å². The Morgan fingerprint density at radius 2 is 1.96 bits per heavy atom. The number of amides is 2. The molecule has 138 valence electrons. The molecular formula is C19H18N4O4. The number of aryl methyl sites for hydroxylation is 1. The number of para-hydroxylation sites is 1. The van der Waals surface area contributed by atoms with Crippen LogP contribution in [0.2, 0.25) is 0 Å². The minimum Gasteiger partial charge on any atom is -0.496 e. The van der Waals surface area contributed by atoms with Crippen LogP contribution in [0, 0.1) is 6.92 Å². The van der Waals surface area contributed by atoms with Gasteiger partial charge in [0.05, 0.1) is 7.11 Å². The average Bonchev–Trinajstić information content (AvgIpc) is 3.11. The van der Waals surface area contributed by atoms with E-state index in [9.17, 15) is 9.59 Å². The SMILES string of the molecule is COc1ccccc1CNC(=O)c1cc(C(=O)Nc2cc(C)on2)ccn1. The van der Waals surface area contributed by atoms with Crippen LogP contribution in [0.3, 0.4) is 0 Å². The van der Waals surface area contributed by atoms with E-state index in [1.54, 1.807) is 20.1 Å². The number of nitrogens with zero attached hydrogens (tertiary/aromatic N) is 2. The molecule has 0 aliphatic heterocycles. The number of nitrogens with one attached hydrogen (secondary N) is 2. The van der Waals surface area contributed by atoms with Crippen molar-refractivity contribution in [2.45, 2.75) is 13.5 Å². The molecule has 0 atom stereocenters. The summed E-state index contributed by atoms with van der Waals surface area (Å²) < 4.78 is 10.2. The van der Waals surface area contributed by atoms with Gasteiger partial charge in [-0.25, -0.2) is 0 Å². The van der Waals surface area contributed by atoms with Crippen LogP contribution in [0.15, 0.2) is 53.2 Å². The van der Waals surface area contributed by atoms with Crippen molar-refractivity contribution < 1.29 is 18.8 Å². The molecule has 0 unspecified atom stereocenters. The zero-order valence-corrected chi connectivity index (χ0v) is 14.9. The Labute approximate surface area is 155 Å². The normalized spacial score (nSPS) is 10.3. The minimum atomic E-state index is -0.413. The summed E-state index contributed by atoms with van der Waals surface area (Å²) in [5, 5.41) is 9.07.